The van der Waals surface area contributed by atoms with Gasteiger partial charge in [-0.3, -0.25) is 9.59 Å². The molecule has 1 saturated carbocycles. The molecule has 4 heteroatoms. The number of rotatable bonds is 2. The van der Waals surface area contributed by atoms with Crippen LogP contribution in [0, 0.1) is 23.7 Å². The first-order valence-electron chi connectivity index (χ1n) is 6.26. The smallest absolute Gasteiger partial charge is 0.303 e. The van der Waals surface area contributed by atoms with Gasteiger partial charge in [0.2, 0.25) is 0 Å². The number of carbonyl (C=O) groups is 2. The van der Waals surface area contributed by atoms with Crippen LogP contribution in [0.25, 0.3) is 0 Å². The summed E-state index contributed by atoms with van der Waals surface area (Å²) in [5.41, 5.74) is 0. The van der Waals surface area contributed by atoms with E-state index in [2.05, 4.69) is 12.2 Å². The molecule has 5 atom stereocenters. The van der Waals surface area contributed by atoms with E-state index in [9.17, 15) is 9.59 Å². The van der Waals surface area contributed by atoms with Gasteiger partial charge >= 0.3 is 5.97 Å². The van der Waals surface area contributed by atoms with E-state index in [1.54, 1.807) is 0 Å². The Kier molecular flexibility index (Phi) is 2.54. The van der Waals surface area contributed by atoms with Crippen LogP contribution in [-0.2, 0) is 19.1 Å². The molecular weight excluding hydrogens is 232 g/mol. The lowest BCUT2D eigenvalue weighted by Gasteiger charge is -2.36. The van der Waals surface area contributed by atoms with Gasteiger partial charge in [-0.2, -0.15) is 0 Å². The number of methoxy groups -OCH3 is 1. The van der Waals surface area contributed by atoms with Crippen LogP contribution in [0.5, 0.6) is 0 Å². The lowest BCUT2D eigenvalue weighted by atomic mass is 9.73. The predicted octanol–water partition coefficient (Wildman–Crippen LogP) is 1.47. The first kappa shape index (κ1) is 11.5. The van der Waals surface area contributed by atoms with Gasteiger partial charge in [-0.15, -0.1) is 0 Å². The molecule has 0 saturated heterocycles. The zero-order valence-electron chi connectivity index (χ0n) is 10.5. The Balaban J connectivity index is 1.98. The molecular formula is C14H16O4. The molecule has 0 aromatic carbocycles. The summed E-state index contributed by atoms with van der Waals surface area (Å²) < 4.78 is 10.6. The minimum atomic E-state index is -0.407. The summed E-state index contributed by atoms with van der Waals surface area (Å²) in [7, 11) is 1.51. The summed E-state index contributed by atoms with van der Waals surface area (Å²) in [6.07, 6.45) is 6.36. The van der Waals surface area contributed by atoms with E-state index in [1.165, 1.54) is 20.1 Å². The van der Waals surface area contributed by atoms with Gasteiger partial charge in [0.25, 0.3) is 0 Å². The van der Waals surface area contributed by atoms with Crippen molar-refractivity contribution in [3.05, 3.63) is 24.0 Å². The molecule has 0 aromatic rings. The summed E-state index contributed by atoms with van der Waals surface area (Å²) in [6.45, 7) is 1.39. The van der Waals surface area contributed by atoms with Gasteiger partial charge in [0.15, 0.2) is 11.9 Å². The number of ether oxygens (including phenoxy) is 2. The molecule has 5 unspecified atom stereocenters. The van der Waals surface area contributed by atoms with Crippen LogP contribution >= 0.6 is 0 Å². The molecule has 0 spiro atoms. The van der Waals surface area contributed by atoms with Crippen LogP contribution < -0.4 is 0 Å². The first-order valence-corrected chi connectivity index (χ1v) is 6.26. The number of ketones is 1. The van der Waals surface area contributed by atoms with Crippen molar-refractivity contribution < 1.29 is 19.1 Å². The fraction of sp³-hybridized carbons (Fsp3) is 0.571. The van der Waals surface area contributed by atoms with Gasteiger partial charge in [0.05, 0.1) is 7.11 Å². The molecule has 0 heterocycles. The highest BCUT2D eigenvalue weighted by atomic mass is 16.6. The molecule has 18 heavy (non-hydrogen) atoms. The third kappa shape index (κ3) is 1.51. The number of fused-ring (bicyclic) bond motifs is 5. The Hall–Kier alpha value is -1.58. The van der Waals surface area contributed by atoms with Crippen molar-refractivity contribution in [3.8, 4) is 0 Å². The number of hydrogen-bond donors (Lipinski definition) is 0. The second-order valence-electron chi connectivity index (χ2n) is 5.23. The lowest BCUT2D eigenvalue weighted by Crippen LogP contribution is -2.42. The fourth-order valence-corrected chi connectivity index (χ4v) is 3.67. The van der Waals surface area contributed by atoms with Crippen molar-refractivity contribution in [2.75, 3.05) is 7.11 Å². The minimum Gasteiger partial charge on any atom is -0.497 e. The summed E-state index contributed by atoms with van der Waals surface area (Å²) in [6, 6.07) is 0. The predicted molar refractivity (Wildman–Crippen MR) is 63.4 cm³/mol. The van der Waals surface area contributed by atoms with E-state index >= 15 is 0 Å². The lowest BCUT2D eigenvalue weighted by molar-refractivity contribution is -0.153. The van der Waals surface area contributed by atoms with Gasteiger partial charge in [-0.25, -0.2) is 0 Å². The molecule has 0 aromatic heterocycles. The van der Waals surface area contributed by atoms with Crippen molar-refractivity contribution in [1.29, 1.82) is 0 Å². The molecule has 4 nitrogen and oxygen atoms in total. The van der Waals surface area contributed by atoms with Gasteiger partial charge in [-0.05, 0) is 18.3 Å². The molecule has 0 radical (unpaired) electrons. The molecule has 3 aliphatic rings. The van der Waals surface area contributed by atoms with Gasteiger partial charge in [0, 0.05) is 24.8 Å². The monoisotopic (exact) mass is 248 g/mol. The maximum Gasteiger partial charge on any atom is 0.303 e. The zero-order valence-corrected chi connectivity index (χ0v) is 10.5. The maximum atomic E-state index is 12.1. The van der Waals surface area contributed by atoms with E-state index in [-0.39, 0.29) is 23.6 Å². The zero-order chi connectivity index (χ0) is 12.9. The first-order chi connectivity index (χ1) is 8.61. The second kappa shape index (κ2) is 3.97. The standard InChI is InChI=1S/C14H16O4/c1-7(15)18-14-11(17-2)6-10(16)12-8-3-4-9(5-8)13(12)14/h3-4,6,8-9,12-14H,5H2,1-2H3. The molecule has 2 bridgehead atoms. The summed E-state index contributed by atoms with van der Waals surface area (Å²) in [4.78, 5) is 23.4. The van der Waals surface area contributed by atoms with Crippen LogP contribution in [0.3, 0.4) is 0 Å². The van der Waals surface area contributed by atoms with Crippen molar-refractivity contribution in [2.45, 2.75) is 19.4 Å². The Morgan fingerprint density at radius 2 is 2.06 bits per heavy atom. The highest BCUT2D eigenvalue weighted by Gasteiger charge is 2.55. The SMILES string of the molecule is COC1=CC(=O)C2C3C=CC(C3)C2C1OC(C)=O. The Labute approximate surface area is 106 Å². The van der Waals surface area contributed by atoms with E-state index < -0.39 is 6.10 Å². The highest BCUT2D eigenvalue weighted by molar-refractivity contribution is 5.94. The molecule has 0 aliphatic heterocycles. The van der Waals surface area contributed by atoms with Gasteiger partial charge < -0.3 is 9.47 Å². The Morgan fingerprint density at radius 3 is 2.72 bits per heavy atom. The van der Waals surface area contributed by atoms with Crippen molar-refractivity contribution in [3.63, 3.8) is 0 Å². The molecule has 3 rings (SSSR count). The largest absolute Gasteiger partial charge is 0.497 e. The van der Waals surface area contributed by atoms with Gasteiger partial charge in [-0.1, -0.05) is 12.2 Å². The van der Waals surface area contributed by atoms with Crippen LogP contribution in [0.1, 0.15) is 13.3 Å². The van der Waals surface area contributed by atoms with Crippen LogP contribution in [0.2, 0.25) is 0 Å². The molecule has 3 aliphatic carbocycles. The van der Waals surface area contributed by atoms with Crippen molar-refractivity contribution in [2.24, 2.45) is 23.7 Å². The quantitative estimate of drug-likeness (QED) is 0.548. The normalized spacial score (nSPS) is 40.4. The van der Waals surface area contributed by atoms with Gasteiger partial charge in [0.1, 0.15) is 5.76 Å². The number of allylic oxidation sites excluding steroid dienone is 3. The Morgan fingerprint density at radius 1 is 1.33 bits per heavy atom. The van der Waals surface area contributed by atoms with E-state index in [0.717, 1.165) is 6.42 Å². The molecule has 96 valence electrons. The van der Waals surface area contributed by atoms with Crippen LogP contribution in [0.4, 0.5) is 0 Å². The topological polar surface area (TPSA) is 52.6 Å². The minimum absolute atomic E-state index is 0.0387. The average molecular weight is 248 g/mol. The van der Waals surface area contributed by atoms with E-state index in [4.69, 9.17) is 9.47 Å². The van der Waals surface area contributed by atoms with Crippen LogP contribution in [-0.4, -0.2) is 25.0 Å². The molecule has 0 N–H and O–H groups in total. The highest BCUT2D eigenvalue weighted by Crippen LogP contribution is 2.53. The van der Waals surface area contributed by atoms with E-state index in [1.807, 2.05) is 0 Å². The van der Waals surface area contributed by atoms with Crippen molar-refractivity contribution >= 4 is 11.8 Å². The van der Waals surface area contributed by atoms with E-state index in [0.29, 0.717) is 17.6 Å². The third-order valence-electron chi connectivity index (χ3n) is 4.29. The summed E-state index contributed by atoms with van der Waals surface area (Å²) >= 11 is 0. The van der Waals surface area contributed by atoms with Crippen LogP contribution in [0.15, 0.2) is 24.0 Å². The second-order valence-corrected chi connectivity index (χ2v) is 5.23. The number of esters is 1. The van der Waals surface area contributed by atoms with Crippen molar-refractivity contribution in [1.82, 2.24) is 0 Å². The fourth-order valence-electron chi connectivity index (χ4n) is 3.67. The molecule has 1 fully saturated rings. The third-order valence-corrected chi connectivity index (χ3v) is 4.29. The summed E-state index contributed by atoms with van der Waals surface area (Å²) in [5.74, 6) is 0.907. The number of carbonyl (C=O) groups excluding carboxylic acids is 2. The number of hydrogen-bond acceptors (Lipinski definition) is 4. The molecule has 0 amide bonds. The maximum absolute atomic E-state index is 12.1. The Bertz CT molecular complexity index is 462. The average Bonchev–Trinajstić information content (AvgIpc) is 2.92. The summed E-state index contributed by atoms with van der Waals surface area (Å²) in [5, 5.41) is 0.